The van der Waals surface area contributed by atoms with Crippen LogP contribution in [0.2, 0.25) is 0 Å². The van der Waals surface area contributed by atoms with Gasteiger partial charge in [-0.2, -0.15) is 0 Å². The molecule has 178 valence electrons. The van der Waals surface area contributed by atoms with E-state index < -0.39 is 0 Å². The Morgan fingerprint density at radius 3 is 2.61 bits per heavy atom. The average Bonchev–Trinajstić information content (AvgIpc) is 2.83. The summed E-state index contributed by atoms with van der Waals surface area (Å²) in [7, 11) is 0. The van der Waals surface area contributed by atoms with Crippen LogP contribution in [0, 0.1) is 11.8 Å². The number of pyridine rings is 1. The molecule has 0 saturated carbocycles. The summed E-state index contributed by atoms with van der Waals surface area (Å²) in [6, 6.07) is 10.6. The first-order chi connectivity index (χ1) is 16.0. The van der Waals surface area contributed by atoms with Crippen LogP contribution in [0.15, 0.2) is 36.5 Å². The molecule has 4 rings (SSSR count). The largest absolute Gasteiger partial charge is 0.396 e. The summed E-state index contributed by atoms with van der Waals surface area (Å²) in [6.45, 7) is 7.61. The molecule has 2 aliphatic rings. The fourth-order valence-corrected chi connectivity index (χ4v) is 4.89. The number of nitrogens with zero attached hydrogens (tertiary/aromatic N) is 3. The zero-order valence-electron chi connectivity index (χ0n) is 20.1. The van der Waals surface area contributed by atoms with Gasteiger partial charge in [-0.1, -0.05) is 13.8 Å². The highest BCUT2D eigenvalue weighted by atomic mass is 16.2. The Kier molecular flexibility index (Phi) is 7.86. The number of hydrogen-bond donors (Lipinski definition) is 2. The maximum Gasteiger partial charge on any atom is 0.227 e. The second-order valence-corrected chi connectivity index (χ2v) is 9.89. The highest BCUT2D eigenvalue weighted by molar-refractivity contribution is 5.96. The maximum atomic E-state index is 12.6. The smallest absolute Gasteiger partial charge is 0.227 e. The van der Waals surface area contributed by atoms with Crippen LogP contribution in [0.1, 0.15) is 57.9 Å². The number of rotatable bonds is 9. The van der Waals surface area contributed by atoms with Gasteiger partial charge in [0, 0.05) is 56.3 Å². The first-order valence-electron chi connectivity index (χ1n) is 12.6. The molecule has 0 bridgehead atoms. The maximum absolute atomic E-state index is 12.6. The van der Waals surface area contributed by atoms with Crippen LogP contribution < -0.4 is 15.1 Å². The number of amides is 1. The quantitative estimate of drug-likeness (QED) is 0.554. The predicted octanol–water partition coefficient (Wildman–Crippen LogP) is 5.14. The summed E-state index contributed by atoms with van der Waals surface area (Å²) < 4.78 is 0. The van der Waals surface area contributed by atoms with E-state index in [0.29, 0.717) is 18.9 Å². The molecule has 1 aromatic heterocycles. The molecule has 33 heavy (non-hydrogen) atoms. The second-order valence-electron chi connectivity index (χ2n) is 9.89. The van der Waals surface area contributed by atoms with E-state index in [1.165, 1.54) is 18.5 Å². The fourth-order valence-electron chi connectivity index (χ4n) is 4.89. The summed E-state index contributed by atoms with van der Waals surface area (Å²) in [5.41, 5.74) is 4.41. The standard InChI is InChI=1S/C27H38N4O2/c1-20(2)11-16-31-25-18-26(28-19-22(25)5-10-27(31)33)29-23-6-8-24(9-7-23)30-14-12-21(13-15-30)4-3-17-32/h6-9,18-21,32H,3-5,10-17H2,1-2H3,(H,28,29). The van der Waals surface area contributed by atoms with E-state index in [1.54, 1.807) is 0 Å². The van der Waals surface area contributed by atoms with Crippen molar-refractivity contribution >= 4 is 28.8 Å². The molecule has 0 aliphatic carbocycles. The number of piperidine rings is 1. The number of benzene rings is 1. The normalized spacial score (nSPS) is 16.9. The van der Waals surface area contributed by atoms with Crippen LogP contribution in [0.3, 0.4) is 0 Å². The van der Waals surface area contributed by atoms with E-state index in [1.807, 2.05) is 17.2 Å². The van der Waals surface area contributed by atoms with E-state index in [0.717, 1.165) is 74.0 Å². The van der Waals surface area contributed by atoms with E-state index >= 15 is 0 Å². The molecule has 6 heteroatoms. The number of anilines is 4. The number of carbonyl (C=O) groups is 1. The van der Waals surface area contributed by atoms with Crippen LogP contribution in [0.25, 0.3) is 0 Å². The first-order valence-corrected chi connectivity index (χ1v) is 12.6. The van der Waals surface area contributed by atoms with Crippen molar-refractivity contribution in [1.29, 1.82) is 0 Å². The van der Waals surface area contributed by atoms with E-state index in [9.17, 15) is 4.79 Å². The van der Waals surface area contributed by atoms with Crippen LogP contribution in [-0.4, -0.2) is 42.2 Å². The van der Waals surface area contributed by atoms with Gasteiger partial charge in [-0.25, -0.2) is 4.98 Å². The van der Waals surface area contributed by atoms with Gasteiger partial charge in [-0.15, -0.1) is 0 Å². The van der Waals surface area contributed by atoms with Crippen LogP contribution >= 0.6 is 0 Å². The minimum Gasteiger partial charge on any atom is -0.396 e. The zero-order valence-corrected chi connectivity index (χ0v) is 20.1. The highest BCUT2D eigenvalue weighted by Gasteiger charge is 2.25. The lowest BCUT2D eigenvalue weighted by Crippen LogP contribution is -2.36. The van der Waals surface area contributed by atoms with Gasteiger partial charge in [0.25, 0.3) is 0 Å². The highest BCUT2D eigenvalue weighted by Crippen LogP contribution is 2.32. The van der Waals surface area contributed by atoms with Crippen molar-refractivity contribution in [2.24, 2.45) is 11.8 Å². The summed E-state index contributed by atoms with van der Waals surface area (Å²) >= 11 is 0. The molecular formula is C27H38N4O2. The SMILES string of the molecule is CC(C)CCN1C(=O)CCc2cnc(Nc3ccc(N4CCC(CCCO)CC4)cc3)cc21. The Morgan fingerprint density at radius 2 is 1.91 bits per heavy atom. The minimum absolute atomic E-state index is 0.213. The predicted molar refractivity (Wildman–Crippen MR) is 135 cm³/mol. The summed E-state index contributed by atoms with van der Waals surface area (Å²) in [5, 5.41) is 12.5. The lowest BCUT2D eigenvalue weighted by atomic mass is 9.92. The van der Waals surface area contributed by atoms with Crippen molar-refractivity contribution in [3.8, 4) is 0 Å². The topological polar surface area (TPSA) is 68.7 Å². The molecule has 0 unspecified atom stereocenters. The van der Waals surface area contributed by atoms with Gasteiger partial charge in [0.05, 0.1) is 5.69 Å². The third-order valence-corrected chi connectivity index (χ3v) is 6.98. The molecule has 1 saturated heterocycles. The molecule has 1 aromatic carbocycles. The number of aliphatic hydroxyl groups is 1. The van der Waals surface area contributed by atoms with Crippen LogP contribution in [0.4, 0.5) is 22.9 Å². The zero-order chi connectivity index (χ0) is 23.2. The molecule has 2 N–H and O–H groups in total. The van der Waals surface area contributed by atoms with Gasteiger partial charge in [-0.3, -0.25) is 4.79 Å². The van der Waals surface area contributed by atoms with Gasteiger partial charge >= 0.3 is 0 Å². The van der Waals surface area contributed by atoms with E-state index in [4.69, 9.17) is 5.11 Å². The lowest BCUT2D eigenvalue weighted by Gasteiger charge is -2.33. The molecule has 6 nitrogen and oxygen atoms in total. The Bertz CT molecular complexity index is 920. The molecule has 2 aliphatic heterocycles. The number of aliphatic hydroxyl groups excluding tert-OH is 1. The number of aryl methyl sites for hydroxylation is 1. The lowest BCUT2D eigenvalue weighted by molar-refractivity contribution is -0.118. The fraction of sp³-hybridized carbons (Fsp3) is 0.556. The van der Waals surface area contributed by atoms with Crippen molar-refractivity contribution in [1.82, 2.24) is 4.98 Å². The molecule has 3 heterocycles. The third-order valence-electron chi connectivity index (χ3n) is 6.98. The number of aromatic nitrogens is 1. The molecule has 0 atom stereocenters. The monoisotopic (exact) mass is 450 g/mol. The van der Waals surface area contributed by atoms with E-state index in [2.05, 4.69) is 53.3 Å². The van der Waals surface area contributed by atoms with Crippen LogP contribution in [-0.2, 0) is 11.2 Å². The van der Waals surface area contributed by atoms with Crippen LogP contribution in [0.5, 0.6) is 0 Å². The molecule has 1 fully saturated rings. The van der Waals surface area contributed by atoms with Gasteiger partial charge < -0.3 is 20.2 Å². The second kappa shape index (κ2) is 11.0. The van der Waals surface area contributed by atoms with Crippen molar-refractivity contribution in [3.05, 3.63) is 42.1 Å². The Morgan fingerprint density at radius 1 is 1.15 bits per heavy atom. The number of fused-ring (bicyclic) bond motifs is 1. The summed E-state index contributed by atoms with van der Waals surface area (Å²) in [4.78, 5) is 21.6. The number of hydrogen-bond acceptors (Lipinski definition) is 5. The van der Waals surface area contributed by atoms with Gasteiger partial charge in [0.15, 0.2) is 0 Å². The molecular weight excluding hydrogens is 412 g/mol. The van der Waals surface area contributed by atoms with Gasteiger partial charge in [-0.05, 0) is 80.2 Å². The Balaban J connectivity index is 1.39. The first kappa shape index (κ1) is 23.6. The molecule has 0 radical (unpaired) electrons. The third kappa shape index (κ3) is 6.05. The Labute approximate surface area is 198 Å². The molecule has 1 amide bonds. The number of nitrogens with one attached hydrogen (secondary N) is 1. The average molecular weight is 451 g/mol. The van der Waals surface area contributed by atoms with E-state index in [-0.39, 0.29) is 5.91 Å². The molecule has 2 aromatic rings. The number of carbonyl (C=O) groups excluding carboxylic acids is 1. The van der Waals surface area contributed by atoms with Crippen molar-refractivity contribution in [2.45, 2.75) is 58.8 Å². The van der Waals surface area contributed by atoms with Crippen molar-refractivity contribution in [2.75, 3.05) is 41.4 Å². The van der Waals surface area contributed by atoms with Gasteiger partial charge in [0.2, 0.25) is 5.91 Å². The van der Waals surface area contributed by atoms with Crippen molar-refractivity contribution < 1.29 is 9.90 Å². The molecule has 0 spiro atoms. The summed E-state index contributed by atoms with van der Waals surface area (Å²) in [6.07, 6.45) is 8.71. The Hall–Kier alpha value is -2.60. The van der Waals surface area contributed by atoms with Crippen molar-refractivity contribution in [3.63, 3.8) is 0 Å². The minimum atomic E-state index is 0.213. The summed E-state index contributed by atoms with van der Waals surface area (Å²) in [5.74, 6) is 2.30. The van der Waals surface area contributed by atoms with Gasteiger partial charge in [0.1, 0.15) is 5.82 Å².